The zero-order chi connectivity index (χ0) is 13.1. The van der Waals surface area contributed by atoms with E-state index in [2.05, 4.69) is 0 Å². The van der Waals surface area contributed by atoms with Crippen LogP contribution in [0.4, 0.5) is 5.69 Å². The standard InChI is InChI=1S/C16H17NO/c1-12-9-10-15(13(2)11-12)16(18)17(3)14-7-5-4-6-8-14/h4-11H,1-3H3. The van der Waals surface area contributed by atoms with Crippen molar-refractivity contribution in [1.29, 1.82) is 0 Å². The maximum absolute atomic E-state index is 12.4. The molecule has 2 nitrogen and oxygen atoms in total. The van der Waals surface area contributed by atoms with Crippen LogP contribution in [0.1, 0.15) is 21.5 Å². The summed E-state index contributed by atoms with van der Waals surface area (Å²) in [6.07, 6.45) is 0. The van der Waals surface area contributed by atoms with Gasteiger partial charge in [0, 0.05) is 18.3 Å². The second-order valence-electron chi connectivity index (χ2n) is 4.52. The summed E-state index contributed by atoms with van der Waals surface area (Å²) in [5.41, 5.74) is 3.85. The molecule has 2 rings (SSSR count). The third-order valence-corrected chi connectivity index (χ3v) is 3.06. The molecule has 92 valence electrons. The van der Waals surface area contributed by atoms with E-state index in [0.29, 0.717) is 0 Å². The zero-order valence-electron chi connectivity index (χ0n) is 11.0. The van der Waals surface area contributed by atoms with Crippen LogP contribution in [0, 0.1) is 13.8 Å². The molecular weight excluding hydrogens is 222 g/mol. The predicted octanol–water partition coefficient (Wildman–Crippen LogP) is 3.58. The molecule has 1 amide bonds. The molecule has 2 aromatic carbocycles. The van der Waals surface area contributed by atoms with Crippen LogP contribution in [-0.4, -0.2) is 13.0 Å². The number of hydrogen-bond acceptors (Lipinski definition) is 1. The smallest absolute Gasteiger partial charge is 0.258 e. The quantitative estimate of drug-likeness (QED) is 0.784. The first-order chi connectivity index (χ1) is 8.59. The third kappa shape index (κ3) is 2.43. The molecule has 0 aromatic heterocycles. The summed E-state index contributed by atoms with van der Waals surface area (Å²) in [6, 6.07) is 15.6. The summed E-state index contributed by atoms with van der Waals surface area (Å²) in [5.74, 6) is 0.0266. The highest BCUT2D eigenvalue weighted by atomic mass is 16.2. The largest absolute Gasteiger partial charge is 0.311 e. The summed E-state index contributed by atoms with van der Waals surface area (Å²) in [7, 11) is 1.80. The van der Waals surface area contributed by atoms with Crippen molar-refractivity contribution in [1.82, 2.24) is 0 Å². The highest BCUT2D eigenvalue weighted by molar-refractivity contribution is 6.06. The maximum atomic E-state index is 12.4. The van der Waals surface area contributed by atoms with Gasteiger partial charge in [-0.25, -0.2) is 0 Å². The number of hydrogen-bond donors (Lipinski definition) is 0. The Morgan fingerprint density at radius 2 is 1.67 bits per heavy atom. The number of anilines is 1. The van der Waals surface area contributed by atoms with E-state index < -0.39 is 0 Å². The molecule has 0 N–H and O–H groups in total. The number of carbonyl (C=O) groups excluding carboxylic acids is 1. The van der Waals surface area contributed by atoms with E-state index >= 15 is 0 Å². The lowest BCUT2D eigenvalue weighted by Crippen LogP contribution is -2.26. The van der Waals surface area contributed by atoms with Crippen molar-refractivity contribution in [3.63, 3.8) is 0 Å². The van der Waals surface area contributed by atoms with Crippen molar-refractivity contribution in [3.05, 3.63) is 65.2 Å². The van der Waals surface area contributed by atoms with Crippen molar-refractivity contribution < 1.29 is 4.79 Å². The maximum Gasteiger partial charge on any atom is 0.258 e. The van der Waals surface area contributed by atoms with E-state index in [4.69, 9.17) is 0 Å². The zero-order valence-corrected chi connectivity index (χ0v) is 11.0. The van der Waals surface area contributed by atoms with Gasteiger partial charge < -0.3 is 4.90 Å². The lowest BCUT2D eigenvalue weighted by molar-refractivity contribution is 0.0992. The number of aryl methyl sites for hydroxylation is 2. The molecule has 0 saturated heterocycles. The van der Waals surface area contributed by atoms with Crippen LogP contribution in [0.25, 0.3) is 0 Å². The molecule has 0 aliphatic heterocycles. The molecule has 0 aliphatic rings. The van der Waals surface area contributed by atoms with Gasteiger partial charge in [0.05, 0.1) is 0 Å². The number of benzene rings is 2. The lowest BCUT2D eigenvalue weighted by Gasteiger charge is -2.18. The Bertz CT molecular complexity index is 561. The Labute approximate surface area is 108 Å². The fraction of sp³-hybridized carbons (Fsp3) is 0.188. The first kappa shape index (κ1) is 12.4. The van der Waals surface area contributed by atoms with Gasteiger partial charge in [-0.05, 0) is 37.6 Å². The van der Waals surface area contributed by atoms with Gasteiger partial charge in [-0.3, -0.25) is 4.79 Å². The molecule has 0 heterocycles. The second-order valence-corrected chi connectivity index (χ2v) is 4.52. The Morgan fingerprint density at radius 1 is 1.00 bits per heavy atom. The number of rotatable bonds is 2. The Hall–Kier alpha value is -2.09. The Morgan fingerprint density at radius 3 is 2.28 bits per heavy atom. The average molecular weight is 239 g/mol. The lowest BCUT2D eigenvalue weighted by atomic mass is 10.0. The van der Waals surface area contributed by atoms with E-state index in [1.165, 1.54) is 5.56 Å². The van der Waals surface area contributed by atoms with Gasteiger partial charge in [0.15, 0.2) is 0 Å². The van der Waals surface area contributed by atoms with Crippen molar-refractivity contribution in [3.8, 4) is 0 Å². The van der Waals surface area contributed by atoms with Crippen molar-refractivity contribution in [2.75, 3.05) is 11.9 Å². The normalized spacial score (nSPS) is 10.2. The number of amides is 1. The minimum Gasteiger partial charge on any atom is -0.311 e. The van der Waals surface area contributed by atoms with Crippen LogP contribution in [0.5, 0.6) is 0 Å². The van der Waals surface area contributed by atoms with Gasteiger partial charge in [-0.1, -0.05) is 35.9 Å². The summed E-state index contributed by atoms with van der Waals surface area (Å²) >= 11 is 0. The molecule has 0 fully saturated rings. The van der Waals surface area contributed by atoms with Gasteiger partial charge in [0.25, 0.3) is 5.91 Å². The van der Waals surface area contributed by atoms with Crippen LogP contribution in [0.15, 0.2) is 48.5 Å². The highest BCUT2D eigenvalue weighted by Crippen LogP contribution is 2.17. The first-order valence-corrected chi connectivity index (χ1v) is 6.00. The number of carbonyl (C=O) groups is 1. The van der Waals surface area contributed by atoms with E-state index in [1.807, 2.05) is 62.4 Å². The van der Waals surface area contributed by atoms with Gasteiger partial charge in [0.2, 0.25) is 0 Å². The van der Waals surface area contributed by atoms with E-state index in [1.54, 1.807) is 11.9 Å². The van der Waals surface area contributed by atoms with Crippen molar-refractivity contribution in [2.24, 2.45) is 0 Å². The molecule has 0 radical (unpaired) electrons. The van der Waals surface area contributed by atoms with E-state index in [-0.39, 0.29) is 5.91 Å². The monoisotopic (exact) mass is 239 g/mol. The molecule has 0 bridgehead atoms. The second kappa shape index (κ2) is 5.05. The van der Waals surface area contributed by atoms with Crippen LogP contribution < -0.4 is 4.90 Å². The summed E-state index contributed by atoms with van der Waals surface area (Å²) in [6.45, 7) is 4.00. The summed E-state index contributed by atoms with van der Waals surface area (Å²) < 4.78 is 0. The molecule has 18 heavy (non-hydrogen) atoms. The average Bonchev–Trinajstić information content (AvgIpc) is 2.38. The summed E-state index contributed by atoms with van der Waals surface area (Å²) in [4.78, 5) is 14.1. The minimum absolute atomic E-state index is 0.0266. The van der Waals surface area contributed by atoms with Crippen LogP contribution in [-0.2, 0) is 0 Å². The van der Waals surface area contributed by atoms with Crippen LogP contribution in [0.2, 0.25) is 0 Å². The fourth-order valence-corrected chi connectivity index (χ4v) is 2.00. The SMILES string of the molecule is Cc1ccc(C(=O)N(C)c2ccccc2)c(C)c1. The molecule has 0 spiro atoms. The molecule has 0 unspecified atom stereocenters. The van der Waals surface area contributed by atoms with E-state index in [9.17, 15) is 4.79 Å². The highest BCUT2D eigenvalue weighted by Gasteiger charge is 2.15. The molecule has 0 atom stereocenters. The molecule has 2 heteroatoms. The van der Waals surface area contributed by atoms with Crippen molar-refractivity contribution in [2.45, 2.75) is 13.8 Å². The molecule has 0 aliphatic carbocycles. The Balaban J connectivity index is 2.32. The molecule has 2 aromatic rings. The van der Waals surface area contributed by atoms with Gasteiger partial charge >= 0.3 is 0 Å². The minimum atomic E-state index is 0.0266. The summed E-state index contributed by atoms with van der Waals surface area (Å²) in [5, 5.41) is 0. The molecular formula is C16H17NO. The van der Waals surface area contributed by atoms with E-state index in [0.717, 1.165) is 16.8 Å². The number of nitrogens with zero attached hydrogens (tertiary/aromatic N) is 1. The van der Waals surface area contributed by atoms with Gasteiger partial charge in [0.1, 0.15) is 0 Å². The van der Waals surface area contributed by atoms with Gasteiger partial charge in [-0.15, -0.1) is 0 Å². The predicted molar refractivity (Wildman–Crippen MR) is 75.1 cm³/mol. The van der Waals surface area contributed by atoms with Gasteiger partial charge in [-0.2, -0.15) is 0 Å². The Kier molecular flexibility index (Phi) is 3.47. The number of para-hydroxylation sites is 1. The van der Waals surface area contributed by atoms with Crippen LogP contribution in [0.3, 0.4) is 0 Å². The fourth-order valence-electron chi connectivity index (χ4n) is 2.00. The molecule has 0 saturated carbocycles. The first-order valence-electron chi connectivity index (χ1n) is 6.00. The third-order valence-electron chi connectivity index (χ3n) is 3.06. The topological polar surface area (TPSA) is 20.3 Å². The van der Waals surface area contributed by atoms with Crippen molar-refractivity contribution >= 4 is 11.6 Å². The van der Waals surface area contributed by atoms with Crippen LogP contribution >= 0.6 is 0 Å².